The van der Waals surface area contributed by atoms with Gasteiger partial charge in [0.25, 0.3) is 5.91 Å². The number of anilines is 1. The number of carbonyl (C=O) groups excluding carboxylic acids is 2. The molecule has 6 heteroatoms. The number of halogens is 2. The van der Waals surface area contributed by atoms with Crippen LogP contribution in [0.2, 0.25) is 10.0 Å². The molecular formula is C16H11Cl2NO2S. The Hall–Kier alpha value is -1.49. The maximum absolute atomic E-state index is 12.8. The predicted molar refractivity (Wildman–Crippen MR) is 90.6 cm³/mol. The molecule has 1 fully saturated rings. The molecule has 3 rings (SSSR count). The third kappa shape index (κ3) is 2.86. The quantitative estimate of drug-likeness (QED) is 0.755. The molecule has 3 nitrogen and oxygen atoms in total. The fraction of sp³-hybridized carbons (Fsp3) is 0.125. The third-order valence-corrected chi connectivity index (χ3v) is 5.08. The second kappa shape index (κ2) is 6.32. The van der Waals surface area contributed by atoms with Crippen LogP contribution >= 0.6 is 35.0 Å². The highest BCUT2D eigenvalue weighted by Gasteiger charge is 2.37. The average Bonchev–Trinajstić information content (AvgIpc) is 2.50. The summed E-state index contributed by atoms with van der Waals surface area (Å²) in [5.41, 5.74) is 1.25. The monoisotopic (exact) mass is 351 g/mol. The van der Waals surface area contributed by atoms with Gasteiger partial charge < -0.3 is 0 Å². The van der Waals surface area contributed by atoms with Gasteiger partial charge in [-0.2, -0.15) is 0 Å². The normalized spacial score (nSPS) is 18.6. The molecule has 0 aromatic heterocycles. The van der Waals surface area contributed by atoms with E-state index in [0.29, 0.717) is 10.7 Å². The molecule has 1 aliphatic heterocycles. The van der Waals surface area contributed by atoms with Gasteiger partial charge in [-0.3, -0.25) is 9.59 Å². The average molecular weight is 352 g/mol. The summed E-state index contributed by atoms with van der Waals surface area (Å²) in [6.07, 6.45) is 0. The lowest BCUT2D eigenvalue weighted by molar-refractivity contribution is -0.125. The van der Waals surface area contributed by atoms with Gasteiger partial charge in [0.15, 0.2) is 0 Å². The number of rotatable bonds is 2. The minimum Gasteiger partial charge on any atom is -0.273 e. The molecule has 1 atom stereocenters. The summed E-state index contributed by atoms with van der Waals surface area (Å²) in [5, 5.41) is 0.332. The molecule has 22 heavy (non-hydrogen) atoms. The van der Waals surface area contributed by atoms with Crippen molar-refractivity contribution in [3.63, 3.8) is 0 Å². The summed E-state index contributed by atoms with van der Waals surface area (Å²) in [5.74, 6) is -0.326. The number of hydrogen-bond acceptors (Lipinski definition) is 3. The van der Waals surface area contributed by atoms with Crippen molar-refractivity contribution in [3.8, 4) is 0 Å². The standard InChI is InChI=1S/C16H11Cl2NO2S/c17-11-6-7-13(12(18)8-11)19-14(20)9-22-15(16(19)21)10-4-2-1-3-5-10/h1-8,15H,9H2/t15-/m0/s1. The number of carbonyl (C=O) groups is 2. The van der Waals surface area contributed by atoms with E-state index in [2.05, 4.69) is 0 Å². The highest BCUT2D eigenvalue weighted by Crippen LogP contribution is 2.39. The van der Waals surface area contributed by atoms with Crippen LogP contribution in [-0.2, 0) is 9.59 Å². The second-order valence-corrected chi connectivity index (χ2v) is 6.70. The zero-order valence-electron chi connectivity index (χ0n) is 11.3. The van der Waals surface area contributed by atoms with E-state index >= 15 is 0 Å². The molecule has 2 aromatic carbocycles. The summed E-state index contributed by atoms with van der Waals surface area (Å²) < 4.78 is 0. The zero-order valence-corrected chi connectivity index (χ0v) is 13.7. The van der Waals surface area contributed by atoms with E-state index in [1.54, 1.807) is 12.1 Å². The summed E-state index contributed by atoms with van der Waals surface area (Å²) in [7, 11) is 0. The first-order valence-corrected chi connectivity index (χ1v) is 8.37. The van der Waals surface area contributed by atoms with E-state index in [0.717, 1.165) is 10.5 Å². The van der Waals surface area contributed by atoms with Crippen LogP contribution < -0.4 is 4.90 Å². The molecule has 2 amide bonds. The molecule has 0 N–H and O–H groups in total. The Labute approximate surface area is 142 Å². The number of benzene rings is 2. The molecule has 1 aliphatic rings. The summed E-state index contributed by atoms with van der Waals surface area (Å²) in [6, 6.07) is 14.1. The number of nitrogens with zero attached hydrogens (tertiary/aromatic N) is 1. The van der Waals surface area contributed by atoms with Crippen LogP contribution in [0.5, 0.6) is 0 Å². The predicted octanol–water partition coefficient (Wildman–Crippen LogP) is 4.34. The van der Waals surface area contributed by atoms with Gasteiger partial charge in [-0.1, -0.05) is 53.5 Å². The van der Waals surface area contributed by atoms with Crippen molar-refractivity contribution < 1.29 is 9.59 Å². The van der Waals surface area contributed by atoms with Crippen molar-refractivity contribution in [2.24, 2.45) is 0 Å². The number of imide groups is 1. The van der Waals surface area contributed by atoms with Crippen LogP contribution in [0.1, 0.15) is 10.8 Å². The minimum atomic E-state index is -0.411. The molecule has 112 valence electrons. The molecule has 0 bridgehead atoms. The third-order valence-electron chi connectivity index (χ3n) is 3.32. The largest absolute Gasteiger partial charge is 0.273 e. The maximum atomic E-state index is 12.8. The molecular weight excluding hydrogens is 341 g/mol. The van der Waals surface area contributed by atoms with E-state index in [-0.39, 0.29) is 22.6 Å². The molecule has 0 aliphatic carbocycles. The maximum Gasteiger partial charge on any atom is 0.251 e. The number of hydrogen-bond donors (Lipinski definition) is 0. The minimum absolute atomic E-state index is 0.226. The Morgan fingerprint density at radius 2 is 1.77 bits per heavy atom. The van der Waals surface area contributed by atoms with Crippen molar-refractivity contribution in [3.05, 3.63) is 64.1 Å². The smallest absolute Gasteiger partial charge is 0.251 e. The highest BCUT2D eigenvalue weighted by atomic mass is 35.5. The number of thioether (sulfide) groups is 1. The Bertz CT molecular complexity index is 736. The van der Waals surface area contributed by atoms with Gasteiger partial charge in [0, 0.05) is 5.02 Å². The van der Waals surface area contributed by atoms with E-state index in [9.17, 15) is 9.59 Å². The van der Waals surface area contributed by atoms with E-state index in [1.807, 2.05) is 30.3 Å². The fourth-order valence-corrected chi connectivity index (χ4v) is 3.84. The topological polar surface area (TPSA) is 37.4 Å². The second-order valence-electron chi connectivity index (χ2n) is 4.76. The molecule has 1 saturated heterocycles. The summed E-state index contributed by atoms with van der Waals surface area (Å²) in [6.45, 7) is 0. The van der Waals surface area contributed by atoms with Gasteiger partial charge in [-0.15, -0.1) is 11.8 Å². The first kappa shape index (κ1) is 15.4. The lowest BCUT2D eigenvalue weighted by Crippen LogP contribution is -2.44. The Balaban J connectivity index is 1.99. The summed E-state index contributed by atoms with van der Waals surface area (Å²) >= 11 is 13.4. The molecule has 2 aromatic rings. The molecule has 0 radical (unpaired) electrons. The highest BCUT2D eigenvalue weighted by molar-refractivity contribution is 8.01. The van der Waals surface area contributed by atoms with E-state index < -0.39 is 5.25 Å². The van der Waals surface area contributed by atoms with E-state index in [1.165, 1.54) is 17.8 Å². The van der Waals surface area contributed by atoms with Crippen LogP contribution in [-0.4, -0.2) is 17.6 Å². The Morgan fingerprint density at radius 1 is 1.05 bits per heavy atom. The van der Waals surface area contributed by atoms with Crippen LogP contribution in [0.3, 0.4) is 0 Å². The van der Waals surface area contributed by atoms with Crippen molar-refractivity contribution in [2.45, 2.75) is 5.25 Å². The van der Waals surface area contributed by atoms with Crippen LogP contribution in [0, 0.1) is 0 Å². The van der Waals surface area contributed by atoms with Gasteiger partial charge in [0.2, 0.25) is 5.91 Å². The SMILES string of the molecule is O=C1CS[C@@H](c2ccccc2)C(=O)N1c1ccc(Cl)cc1Cl. The van der Waals surface area contributed by atoms with E-state index in [4.69, 9.17) is 23.2 Å². The fourth-order valence-electron chi connectivity index (χ4n) is 2.31. The van der Waals surface area contributed by atoms with Gasteiger partial charge in [-0.25, -0.2) is 4.90 Å². The zero-order chi connectivity index (χ0) is 15.7. The first-order valence-electron chi connectivity index (χ1n) is 6.56. The lowest BCUT2D eigenvalue weighted by atomic mass is 10.1. The van der Waals surface area contributed by atoms with Crippen molar-refractivity contribution >= 4 is 52.5 Å². The molecule has 1 heterocycles. The van der Waals surface area contributed by atoms with Crippen molar-refractivity contribution in [2.75, 3.05) is 10.7 Å². The van der Waals surface area contributed by atoms with Gasteiger partial charge in [0.1, 0.15) is 5.25 Å². The van der Waals surface area contributed by atoms with Crippen molar-refractivity contribution in [1.82, 2.24) is 0 Å². The van der Waals surface area contributed by atoms with Gasteiger partial charge >= 0.3 is 0 Å². The first-order chi connectivity index (χ1) is 10.6. The molecule has 0 saturated carbocycles. The van der Waals surface area contributed by atoms with Gasteiger partial charge in [0.05, 0.1) is 16.5 Å². The Kier molecular flexibility index (Phi) is 4.43. The molecule has 0 unspecified atom stereocenters. The van der Waals surface area contributed by atoms with Crippen LogP contribution in [0.15, 0.2) is 48.5 Å². The van der Waals surface area contributed by atoms with Gasteiger partial charge in [-0.05, 0) is 23.8 Å². The number of amides is 2. The summed E-state index contributed by atoms with van der Waals surface area (Å²) in [4.78, 5) is 26.1. The van der Waals surface area contributed by atoms with Crippen molar-refractivity contribution in [1.29, 1.82) is 0 Å². The Morgan fingerprint density at radius 3 is 2.45 bits per heavy atom. The lowest BCUT2D eigenvalue weighted by Gasteiger charge is -2.31. The van der Waals surface area contributed by atoms with Crippen LogP contribution in [0.25, 0.3) is 0 Å². The van der Waals surface area contributed by atoms with Crippen LogP contribution in [0.4, 0.5) is 5.69 Å². The molecule has 0 spiro atoms.